The summed E-state index contributed by atoms with van der Waals surface area (Å²) in [6, 6.07) is 1.89. The summed E-state index contributed by atoms with van der Waals surface area (Å²) in [4.78, 5) is 17.5. The van der Waals surface area contributed by atoms with Crippen molar-refractivity contribution in [3.63, 3.8) is 0 Å². The zero-order valence-corrected chi connectivity index (χ0v) is 9.77. The first-order valence-electron chi connectivity index (χ1n) is 4.81. The smallest absolute Gasteiger partial charge is 0.227 e. The average Bonchev–Trinajstić information content (AvgIpc) is 2.60. The number of anilines is 1. The number of halogens is 1. The highest BCUT2D eigenvalue weighted by molar-refractivity contribution is 9.10. The molecule has 1 saturated heterocycles. The third kappa shape index (κ3) is 2.18. The van der Waals surface area contributed by atoms with Crippen LogP contribution < -0.4 is 10.6 Å². The Hall–Kier alpha value is -0.940. The van der Waals surface area contributed by atoms with Crippen LogP contribution in [0.1, 0.15) is 6.42 Å². The fraction of sp³-hybridized carbons (Fsp3) is 0.400. The molecule has 1 fully saturated rings. The van der Waals surface area contributed by atoms with Crippen molar-refractivity contribution in [2.24, 2.45) is 11.7 Å². The lowest BCUT2D eigenvalue weighted by Gasteiger charge is -2.15. The van der Waals surface area contributed by atoms with Crippen molar-refractivity contribution in [3.05, 3.63) is 22.9 Å². The molecule has 5 heteroatoms. The first-order valence-corrected chi connectivity index (χ1v) is 5.61. The van der Waals surface area contributed by atoms with Gasteiger partial charge in [0.05, 0.1) is 11.9 Å². The summed E-state index contributed by atoms with van der Waals surface area (Å²) >= 11 is 3.34. The highest BCUT2D eigenvalue weighted by Gasteiger charge is 2.29. The number of hydrogen-bond donors (Lipinski definition) is 1. The van der Waals surface area contributed by atoms with E-state index in [-0.39, 0.29) is 11.8 Å². The predicted molar refractivity (Wildman–Crippen MR) is 61.5 cm³/mol. The van der Waals surface area contributed by atoms with Gasteiger partial charge in [-0.2, -0.15) is 0 Å². The van der Waals surface area contributed by atoms with E-state index < -0.39 is 0 Å². The van der Waals surface area contributed by atoms with Gasteiger partial charge in [-0.3, -0.25) is 9.78 Å². The van der Waals surface area contributed by atoms with Gasteiger partial charge in [-0.1, -0.05) is 0 Å². The van der Waals surface area contributed by atoms with E-state index in [0.29, 0.717) is 19.5 Å². The maximum absolute atomic E-state index is 11.7. The van der Waals surface area contributed by atoms with Crippen LogP contribution in [0, 0.1) is 5.92 Å². The summed E-state index contributed by atoms with van der Waals surface area (Å²) in [5.74, 6) is 0.404. The van der Waals surface area contributed by atoms with Crippen LogP contribution >= 0.6 is 15.9 Å². The number of aromatic nitrogens is 1. The molecule has 1 aliphatic heterocycles. The lowest BCUT2D eigenvalue weighted by molar-refractivity contribution is -0.117. The van der Waals surface area contributed by atoms with Crippen LogP contribution in [-0.2, 0) is 4.79 Å². The third-order valence-corrected chi connectivity index (χ3v) is 2.97. The molecule has 2 N–H and O–H groups in total. The molecule has 80 valence electrons. The molecule has 1 unspecified atom stereocenters. The number of amides is 1. The van der Waals surface area contributed by atoms with E-state index >= 15 is 0 Å². The molecule has 1 aromatic rings. The van der Waals surface area contributed by atoms with Crippen molar-refractivity contribution in [1.82, 2.24) is 4.98 Å². The second-order valence-corrected chi connectivity index (χ2v) is 4.59. The molecule has 4 nitrogen and oxygen atoms in total. The third-order valence-electron chi connectivity index (χ3n) is 2.54. The van der Waals surface area contributed by atoms with Gasteiger partial charge >= 0.3 is 0 Å². The molecule has 0 aliphatic carbocycles. The molecule has 0 bridgehead atoms. The molecule has 1 atom stereocenters. The molecule has 15 heavy (non-hydrogen) atoms. The zero-order chi connectivity index (χ0) is 10.8. The quantitative estimate of drug-likeness (QED) is 0.877. The van der Waals surface area contributed by atoms with E-state index in [4.69, 9.17) is 5.73 Å². The minimum atomic E-state index is 0.130. The van der Waals surface area contributed by atoms with Crippen LogP contribution in [0.4, 0.5) is 5.69 Å². The minimum Gasteiger partial charge on any atom is -0.330 e. The molecular formula is C10H12BrN3O. The van der Waals surface area contributed by atoms with Crippen LogP contribution in [0.25, 0.3) is 0 Å². The molecule has 2 heterocycles. The Bertz CT molecular complexity index is 383. The highest BCUT2D eigenvalue weighted by atomic mass is 79.9. The van der Waals surface area contributed by atoms with Gasteiger partial charge < -0.3 is 10.6 Å². The Morgan fingerprint density at radius 2 is 2.40 bits per heavy atom. The molecule has 1 amide bonds. The highest BCUT2D eigenvalue weighted by Crippen LogP contribution is 2.25. The summed E-state index contributed by atoms with van der Waals surface area (Å²) in [5.41, 5.74) is 6.40. The second-order valence-electron chi connectivity index (χ2n) is 3.67. The van der Waals surface area contributed by atoms with Crippen molar-refractivity contribution < 1.29 is 4.79 Å². The molecule has 1 aliphatic rings. The van der Waals surface area contributed by atoms with Gasteiger partial charge in [0.15, 0.2) is 0 Å². The van der Waals surface area contributed by atoms with Gasteiger partial charge in [-0.25, -0.2) is 0 Å². The largest absolute Gasteiger partial charge is 0.330 e. The maximum Gasteiger partial charge on any atom is 0.227 e. The SMILES string of the molecule is NCC1CC(=O)N(c2cncc(Br)c2)C1. The molecular weight excluding hydrogens is 258 g/mol. The summed E-state index contributed by atoms with van der Waals surface area (Å²) in [5, 5.41) is 0. The number of carbonyl (C=O) groups excluding carboxylic acids is 1. The maximum atomic E-state index is 11.7. The zero-order valence-electron chi connectivity index (χ0n) is 8.19. The number of carbonyl (C=O) groups is 1. The van der Waals surface area contributed by atoms with Crippen molar-refractivity contribution in [2.45, 2.75) is 6.42 Å². The molecule has 0 saturated carbocycles. The van der Waals surface area contributed by atoms with Gasteiger partial charge in [0.25, 0.3) is 0 Å². The van der Waals surface area contributed by atoms with E-state index in [1.807, 2.05) is 6.07 Å². The van der Waals surface area contributed by atoms with Crippen molar-refractivity contribution >= 4 is 27.5 Å². The standard InChI is InChI=1S/C10H12BrN3O/c11-8-2-9(5-13-4-8)14-6-7(3-12)1-10(14)15/h2,4-5,7H,1,3,6,12H2. The molecule has 1 aromatic heterocycles. The van der Waals surface area contributed by atoms with Crippen LogP contribution in [0.3, 0.4) is 0 Å². The van der Waals surface area contributed by atoms with Gasteiger partial charge in [0.1, 0.15) is 0 Å². The van der Waals surface area contributed by atoms with Gasteiger partial charge in [-0.15, -0.1) is 0 Å². The summed E-state index contributed by atoms with van der Waals surface area (Å²) in [7, 11) is 0. The van der Waals surface area contributed by atoms with E-state index in [1.165, 1.54) is 0 Å². The minimum absolute atomic E-state index is 0.130. The van der Waals surface area contributed by atoms with E-state index in [0.717, 1.165) is 10.2 Å². The molecule has 0 radical (unpaired) electrons. The Morgan fingerprint density at radius 3 is 3.00 bits per heavy atom. The van der Waals surface area contributed by atoms with Crippen LogP contribution in [0.15, 0.2) is 22.9 Å². The number of hydrogen-bond acceptors (Lipinski definition) is 3. The summed E-state index contributed by atoms with van der Waals surface area (Å²) in [6.07, 6.45) is 3.94. The van der Waals surface area contributed by atoms with Crippen molar-refractivity contribution in [3.8, 4) is 0 Å². The first kappa shape index (κ1) is 10.6. The van der Waals surface area contributed by atoms with Crippen LogP contribution in [-0.4, -0.2) is 24.0 Å². The van der Waals surface area contributed by atoms with Crippen LogP contribution in [0.5, 0.6) is 0 Å². The molecule has 2 rings (SSSR count). The Balaban J connectivity index is 2.21. The van der Waals surface area contributed by atoms with Gasteiger partial charge in [0, 0.05) is 23.6 Å². The van der Waals surface area contributed by atoms with Crippen LogP contribution in [0.2, 0.25) is 0 Å². The fourth-order valence-electron chi connectivity index (χ4n) is 1.74. The van der Waals surface area contributed by atoms with E-state index in [9.17, 15) is 4.79 Å². The lowest BCUT2D eigenvalue weighted by Crippen LogP contribution is -2.25. The topological polar surface area (TPSA) is 59.2 Å². The summed E-state index contributed by atoms with van der Waals surface area (Å²) < 4.78 is 0.879. The Morgan fingerprint density at radius 1 is 1.60 bits per heavy atom. The number of pyridine rings is 1. The van der Waals surface area contributed by atoms with Crippen molar-refractivity contribution in [2.75, 3.05) is 18.0 Å². The monoisotopic (exact) mass is 269 g/mol. The Labute approximate surface area is 96.6 Å². The lowest BCUT2D eigenvalue weighted by atomic mass is 10.1. The first-order chi connectivity index (χ1) is 7.20. The average molecular weight is 270 g/mol. The number of nitrogens with zero attached hydrogens (tertiary/aromatic N) is 2. The normalized spacial score (nSPS) is 21.1. The van der Waals surface area contributed by atoms with Crippen molar-refractivity contribution in [1.29, 1.82) is 0 Å². The molecule has 0 spiro atoms. The molecule has 0 aromatic carbocycles. The van der Waals surface area contributed by atoms with E-state index in [2.05, 4.69) is 20.9 Å². The predicted octanol–water partition coefficient (Wildman–Crippen LogP) is 1.16. The summed E-state index contributed by atoms with van der Waals surface area (Å²) in [6.45, 7) is 1.26. The number of nitrogens with two attached hydrogens (primary N) is 1. The number of rotatable bonds is 2. The van der Waals surface area contributed by atoms with E-state index in [1.54, 1.807) is 17.3 Å². The van der Waals surface area contributed by atoms with Gasteiger partial charge in [0.2, 0.25) is 5.91 Å². The fourth-order valence-corrected chi connectivity index (χ4v) is 2.09. The second kappa shape index (κ2) is 4.28. The Kier molecular flexibility index (Phi) is 3.02. The van der Waals surface area contributed by atoms with Gasteiger partial charge in [-0.05, 0) is 34.5 Å².